The van der Waals surface area contributed by atoms with Gasteiger partial charge in [0.2, 0.25) is 0 Å². The molecule has 2 saturated heterocycles. The number of rotatable bonds is 2. The molecule has 3 rings (SSSR count). The molecule has 2 aliphatic heterocycles. The van der Waals surface area contributed by atoms with Crippen LogP contribution in [-0.2, 0) is 11.3 Å². The third kappa shape index (κ3) is 2.31. The minimum absolute atomic E-state index is 0.0725. The Morgan fingerprint density at radius 3 is 2.38 bits per heavy atom. The Labute approximate surface area is 124 Å². The third-order valence-corrected chi connectivity index (χ3v) is 4.66. The SMILES string of the molecule is Cc1cccc(C)c1CN1C(=O)NC2(CCNCC2)C1=O. The molecule has 0 unspecified atom stereocenters. The molecule has 5 nitrogen and oxygen atoms in total. The molecule has 2 fully saturated rings. The highest BCUT2D eigenvalue weighted by molar-refractivity contribution is 6.07. The third-order valence-electron chi connectivity index (χ3n) is 4.66. The maximum absolute atomic E-state index is 12.7. The highest BCUT2D eigenvalue weighted by Gasteiger charge is 2.51. The zero-order chi connectivity index (χ0) is 15.0. The Balaban J connectivity index is 1.86. The van der Waals surface area contributed by atoms with Gasteiger partial charge in [0.25, 0.3) is 5.91 Å². The van der Waals surface area contributed by atoms with E-state index in [1.165, 1.54) is 4.90 Å². The topological polar surface area (TPSA) is 61.4 Å². The number of carbonyl (C=O) groups is 2. The number of benzene rings is 1. The van der Waals surface area contributed by atoms with E-state index in [4.69, 9.17) is 0 Å². The van der Waals surface area contributed by atoms with Crippen molar-refractivity contribution < 1.29 is 9.59 Å². The van der Waals surface area contributed by atoms with Crippen molar-refractivity contribution in [3.63, 3.8) is 0 Å². The van der Waals surface area contributed by atoms with E-state index >= 15 is 0 Å². The first kappa shape index (κ1) is 14.1. The molecule has 1 aromatic carbocycles. The molecule has 112 valence electrons. The minimum atomic E-state index is -0.682. The van der Waals surface area contributed by atoms with E-state index < -0.39 is 5.54 Å². The number of hydrogen-bond acceptors (Lipinski definition) is 3. The molecule has 3 amide bonds. The molecule has 0 saturated carbocycles. The number of nitrogens with one attached hydrogen (secondary N) is 2. The number of hydrogen-bond donors (Lipinski definition) is 2. The lowest BCUT2D eigenvalue weighted by molar-refractivity contribution is -0.132. The van der Waals surface area contributed by atoms with Gasteiger partial charge in [-0.1, -0.05) is 18.2 Å². The molecule has 0 bridgehead atoms. The van der Waals surface area contributed by atoms with Gasteiger partial charge in [-0.3, -0.25) is 9.69 Å². The Hall–Kier alpha value is -1.88. The highest BCUT2D eigenvalue weighted by atomic mass is 16.2. The maximum atomic E-state index is 12.7. The average Bonchev–Trinajstić information content (AvgIpc) is 2.67. The molecule has 2 heterocycles. The molecule has 1 spiro atoms. The van der Waals surface area contributed by atoms with Gasteiger partial charge in [0.1, 0.15) is 5.54 Å². The van der Waals surface area contributed by atoms with E-state index in [1.54, 1.807) is 0 Å². The molecular weight excluding hydrogens is 266 g/mol. The van der Waals surface area contributed by atoms with Crippen LogP contribution in [0, 0.1) is 13.8 Å². The summed E-state index contributed by atoms with van der Waals surface area (Å²) >= 11 is 0. The molecule has 0 radical (unpaired) electrons. The molecule has 5 heteroatoms. The zero-order valence-corrected chi connectivity index (χ0v) is 12.5. The number of piperidine rings is 1. The standard InChI is InChI=1S/C16H21N3O2/c1-11-4-3-5-12(2)13(11)10-19-14(20)16(18-15(19)21)6-8-17-9-7-16/h3-5,17H,6-10H2,1-2H3,(H,18,21). The van der Waals surface area contributed by atoms with Crippen LogP contribution in [0.2, 0.25) is 0 Å². The molecule has 0 atom stereocenters. The summed E-state index contributed by atoms with van der Waals surface area (Å²) in [4.78, 5) is 26.4. The monoisotopic (exact) mass is 287 g/mol. The van der Waals surface area contributed by atoms with E-state index in [-0.39, 0.29) is 11.9 Å². The van der Waals surface area contributed by atoms with Crippen LogP contribution in [0.25, 0.3) is 0 Å². The van der Waals surface area contributed by atoms with Gasteiger partial charge in [-0.15, -0.1) is 0 Å². The van der Waals surface area contributed by atoms with Crippen molar-refractivity contribution in [1.29, 1.82) is 0 Å². The first-order valence-electron chi connectivity index (χ1n) is 7.43. The van der Waals surface area contributed by atoms with E-state index in [0.717, 1.165) is 29.8 Å². The van der Waals surface area contributed by atoms with Gasteiger partial charge in [-0.2, -0.15) is 0 Å². The normalized spacial score (nSPS) is 21.0. The maximum Gasteiger partial charge on any atom is 0.325 e. The van der Waals surface area contributed by atoms with Gasteiger partial charge in [-0.05, 0) is 56.5 Å². The molecule has 2 N–H and O–H groups in total. The first-order valence-corrected chi connectivity index (χ1v) is 7.43. The van der Waals surface area contributed by atoms with Crippen molar-refractivity contribution in [1.82, 2.24) is 15.5 Å². The molecule has 0 aromatic heterocycles. The van der Waals surface area contributed by atoms with Crippen LogP contribution < -0.4 is 10.6 Å². The van der Waals surface area contributed by atoms with Crippen molar-refractivity contribution >= 4 is 11.9 Å². The van der Waals surface area contributed by atoms with E-state index in [0.29, 0.717) is 19.4 Å². The first-order chi connectivity index (χ1) is 10.0. The predicted octanol–water partition coefficient (Wildman–Crippen LogP) is 1.48. The lowest BCUT2D eigenvalue weighted by Crippen LogP contribution is -2.53. The Morgan fingerprint density at radius 1 is 1.14 bits per heavy atom. The lowest BCUT2D eigenvalue weighted by atomic mass is 9.88. The second-order valence-corrected chi connectivity index (χ2v) is 6.02. The predicted molar refractivity (Wildman–Crippen MR) is 79.8 cm³/mol. The fraction of sp³-hybridized carbons (Fsp3) is 0.500. The van der Waals surface area contributed by atoms with Crippen LogP contribution >= 0.6 is 0 Å². The number of nitrogens with zero attached hydrogens (tertiary/aromatic N) is 1. The van der Waals surface area contributed by atoms with Gasteiger partial charge >= 0.3 is 6.03 Å². The van der Waals surface area contributed by atoms with E-state index in [1.807, 2.05) is 32.0 Å². The number of carbonyl (C=O) groups excluding carboxylic acids is 2. The smallest absolute Gasteiger partial charge is 0.323 e. The van der Waals surface area contributed by atoms with Crippen molar-refractivity contribution in [3.05, 3.63) is 34.9 Å². The fourth-order valence-electron chi connectivity index (χ4n) is 3.27. The minimum Gasteiger partial charge on any atom is -0.323 e. The highest BCUT2D eigenvalue weighted by Crippen LogP contribution is 2.29. The summed E-state index contributed by atoms with van der Waals surface area (Å²) in [5.41, 5.74) is 2.61. The second kappa shape index (κ2) is 5.15. The zero-order valence-electron chi connectivity index (χ0n) is 12.5. The lowest BCUT2D eigenvalue weighted by Gasteiger charge is -2.31. The summed E-state index contributed by atoms with van der Waals surface area (Å²) in [6, 6.07) is 5.76. The molecule has 21 heavy (non-hydrogen) atoms. The Kier molecular flexibility index (Phi) is 3.45. The summed E-state index contributed by atoms with van der Waals surface area (Å²) in [5.74, 6) is -0.0725. The van der Waals surface area contributed by atoms with Crippen LogP contribution in [0.15, 0.2) is 18.2 Å². The van der Waals surface area contributed by atoms with Crippen LogP contribution in [0.1, 0.15) is 29.5 Å². The van der Waals surface area contributed by atoms with Crippen LogP contribution in [0.5, 0.6) is 0 Å². The Bertz CT molecular complexity index is 571. The van der Waals surface area contributed by atoms with Gasteiger partial charge in [0.15, 0.2) is 0 Å². The van der Waals surface area contributed by atoms with Gasteiger partial charge in [0, 0.05) is 0 Å². The van der Waals surface area contributed by atoms with Gasteiger partial charge < -0.3 is 10.6 Å². The van der Waals surface area contributed by atoms with Crippen LogP contribution in [0.3, 0.4) is 0 Å². The summed E-state index contributed by atoms with van der Waals surface area (Å²) in [5, 5.41) is 6.16. The van der Waals surface area contributed by atoms with Gasteiger partial charge in [-0.25, -0.2) is 4.79 Å². The van der Waals surface area contributed by atoms with Crippen LogP contribution in [-0.4, -0.2) is 35.5 Å². The number of aryl methyl sites for hydroxylation is 2. The average molecular weight is 287 g/mol. The second-order valence-electron chi connectivity index (χ2n) is 6.02. The van der Waals surface area contributed by atoms with Crippen molar-refractivity contribution in [3.8, 4) is 0 Å². The molecular formula is C16H21N3O2. The van der Waals surface area contributed by atoms with Crippen molar-refractivity contribution in [2.75, 3.05) is 13.1 Å². The number of imide groups is 1. The summed E-state index contributed by atoms with van der Waals surface area (Å²) < 4.78 is 0. The van der Waals surface area contributed by atoms with E-state index in [2.05, 4.69) is 10.6 Å². The summed E-state index contributed by atoms with van der Waals surface area (Å²) in [7, 11) is 0. The Morgan fingerprint density at radius 2 is 1.76 bits per heavy atom. The quantitative estimate of drug-likeness (QED) is 0.810. The summed E-state index contributed by atoms with van der Waals surface area (Å²) in [6.45, 7) is 5.92. The van der Waals surface area contributed by atoms with Crippen LogP contribution in [0.4, 0.5) is 4.79 Å². The molecule has 2 aliphatic rings. The fourth-order valence-corrected chi connectivity index (χ4v) is 3.27. The van der Waals surface area contributed by atoms with Crippen molar-refractivity contribution in [2.45, 2.75) is 38.8 Å². The molecule has 0 aliphatic carbocycles. The summed E-state index contributed by atoms with van der Waals surface area (Å²) in [6.07, 6.45) is 1.33. The molecule has 1 aromatic rings. The number of amides is 3. The van der Waals surface area contributed by atoms with Gasteiger partial charge in [0.05, 0.1) is 6.54 Å². The largest absolute Gasteiger partial charge is 0.325 e. The number of urea groups is 1. The van der Waals surface area contributed by atoms with Crippen molar-refractivity contribution in [2.24, 2.45) is 0 Å². The van der Waals surface area contributed by atoms with E-state index in [9.17, 15) is 9.59 Å².